The lowest BCUT2D eigenvalue weighted by Gasteiger charge is -2.21. The first-order valence-corrected chi connectivity index (χ1v) is 6.71. The maximum Gasteiger partial charge on any atom is 0.321 e. The number of rotatable bonds is 6. The highest BCUT2D eigenvalue weighted by atomic mass is 35.5. The number of carbonyl (C=O) groups excluding carboxylic acids is 1. The van der Waals surface area contributed by atoms with Crippen LogP contribution in [0.1, 0.15) is 6.42 Å². The highest BCUT2D eigenvalue weighted by Crippen LogP contribution is 2.25. The fourth-order valence-corrected chi connectivity index (χ4v) is 1.78. The summed E-state index contributed by atoms with van der Waals surface area (Å²) >= 11 is 11.7. The van der Waals surface area contributed by atoms with Crippen LogP contribution in [0.4, 0.5) is 10.5 Å². The predicted molar refractivity (Wildman–Crippen MR) is 79.2 cm³/mol. The first-order chi connectivity index (χ1) is 9.58. The molecule has 0 saturated carbocycles. The van der Waals surface area contributed by atoms with Crippen molar-refractivity contribution >= 4 is 34.9 Å². The van der Waals surface area contributed by atoms with Crippen molar-refractivity contribution < 1.29 is 9.53 Å². The SMILES string of the molecule is COCCN(CCC#N)C(=O)Nc1ccc(Cl)c(Cl)c1. The number of halogens is 2. The van der Waals surface area contributed by atoms with Gasteiger partial charge in [-0.15, -0.1) is 0 Å². The molecule has 108 valence electrons. The van der Waals surface area contributed by atoms with Crippen LogP contribution in [0, 0.1) is 11.3 Å². The molecule has 0 spiro atoms. The van der Waals surface area contributed by atoms with Crippen LogP contribution in [-0.4, -0.2) is 37.7 Å². The van der Waals surface area contributed by atoms with Crippen LogP contribution in [0.25, 0.3) is 0 Å². The van der Waals surface area contributed by atoms with Gasteiger partial charge < -0.3 is 15.0 Å². The summed E-state index contributed by atoms with van der Waals surface area (Å²) in [4.78, 5) is 13.6. The molecule has 0 bridgehead atoms. The predicted octanol–water partition coefficient (Wildman–Crippen LogP) is 3.39. The molecule has 1 N–H and O–H groups in total. The molecule has 0 aliphatic rings. The standard InChI is InChI=1S/C13H15Cl2N3O2/c1-20-8-7-18(6-2-5-16)13(19)17-10-3-4-11(14)12(15)9-10/h3-4,9H,2,6-8H2,1H3,(H,17,19). The number of benzene rings is 1. The van der Waals surface area contributed by atoms with Gasteiger partial charge in [0.05, 0.1) is 29.1 Å². The van der Waals surface area contributed by atoms with Crippen molar-refractivity contribution in [3.63, 3.8) is 0 Å². The number of hydrogen-bond donors (Lipinski definition) is 1. The second-order valence-electron chi connectivity index (χ2n) is 3.95. The molecule has 0 aliphatic carbocycles. The Morgan fingerprint density at radius 2 is 2.15 bits per heavy atom. The van der Waals surface area contributed by atoms with Crippen molar-refractivity contribution in [2.45, 2.75) is 6.42 Å². The summed E-state index contributed by atoms with van der Waals surface area (Å²) in [5.41, 5.74) is 0.545. The van der Waals surface area contributed by atoms with Gasteiger partial charge in [0.25, 0.3) is 0 Å². The highest BCUT2D eigenvalue weighted by molar-refractivity contribution is 6.42. The zero-order chi connectivity index (χ0) is 15.0. The number of nitriles is 1. The Bertz CT molecular complexity index is 503. The number of nitrogens with one attached hydrogen (secondary N) is 1. The normalized spacial score (nSPS) is 9.90. The van der Waals surface area contributed by atoms with E-state index in [1.54, 1.807) is 25.3 Å². The van der Waals surface area contributed by atoms with Gasteiger partial charge in [-0.3, -0.25) is 0 Å². The van der Waals surface area contributed by atoms with Crippen molar-refractivity contribution in [1.82, 2.24) is 4.90 Å². The number of carbonyl (C=O) groups is 1. The van der Waals surface area contributed by atoms with Gasteiger partial charge >= 0.3 is 6.03 Å². The largest absolute Gasteiger partial charge is 0.383 e. The van der Waals surface area contributed by atoms with E-state index in [2.05, 4.69) is 5.32 Å². The van der Waals surface area contributed by atoms with Crippen LogP contribution in [0.15, 0.2) is 18.2 Å². The number of amides is 2. The molecule has 0 aromatic heterocycles. The summed E-state index contributed by atoms with van der Waals surface area (Å²) in [6.45, 7) is 1.15. The van der Waals surface area contributed by atoms with Gasteiger partial charge in [0, 0.05) is 25.9 Å². The minimum absolute atomic E-state index is 0.262. The average Bonchev–Trinajstić information content (AvgIpc) is 2.43. The van der Waals surface area contributed by atoms with E-state index in [1.807, 2.05) is 6.07 Å². The van der Waals surface area contributed by atoms with E-state index in [0.717, 1.165) is 0 Å². The fraction of sp³-hybridized carbons (Fsp3) is 0.385. The maximum absolute atomic E-state index is 12.1. The Morgan fingerprint density at radius 3 is 2.75 bits per heavy atom. The molecule has 5 nitrogen and oxygen atoms in total. The van der Waals surface area contributed by atoms with E-state index in [4.69, 9.17) is 33.2 Å². The van der Waals surface area contributed by atoms with Crippen LogP contribution in [0.2, 0.25) is 10.0 Å². The summed E-state index contributed by atoms with van der Waals surface area (Å²) in [7, 11) is 1.55. The van der Waals surface area contributed by atoms with Crippen molar-refractivity contribution in [2.75, 3.05) is 32.1 Å². The Hall–Kier alpha value is -1.48. The lowest BCUT2D eigenvalue weighted by molar-refractivity contribution is 0.156. The molecule has 0 atom stereocenters. The van der Waals surface area contributed by atoms with E-state index in [-0.39, 0.29) is 12.5 Å². The minimum Gasteiger partial charge on any atom is -0.383 e. The molecular weight excluding hydrogens is 301 g/mol. The van der Waals surface area contributed by atoms with E-state index in [1.165, 1.54) is 4.90 Å². The van der Waals surface area contributed by atoms with Gasteiger partial charge in [-0.25, -0.2) is 4.79 Å². The quantitative estimate of drug-likeness (QED) is 0.875. The van der Waals surface area contributed by atoms with Crippen LogP contribution in [-0.2, 0) is 4.74 Å². The van der Waals surface area contributed by atoms with Crippen molar-refractivity contribution in [2.24, 2.45) is 0 Å². The topological polar surface area (TPSA) is 65.4 Å². The van der Waals surface area contributed by atoms with Crippen LogP contribution < -0.4 is 5.32 Å². The second-order valence-corrected chi connectivity index (χ2v) is 4.76. The zero-order valence-electron chi connectivity index (χ0n) is 11.0. The van der Waals surface area contributed by atoms with E-state index in [0.29, 0.717) is 35.4 Å². The summed E-state index contributed by atoms with van der Waals surface area (Å²) in [5, 5.41) is 12.1. The third kappa shape index (κ3) is 5.25. The smallest absolute Gasteiger partial charge is 0.321 e. The molecule has 1 aromatic carbocycles. The fourth-order valence-electron chi connectivity index (χ4n) is 1.48. The molecule has 0 saturated heterocycles. The van der Waals surface area contributed by atoms with E-state index in [9.17, 15) is 4.79 Å². The molecule has 0 radical (unpaired) electrons. The molecule has 0 unspecified atom stereocenters. The number of ether oxygens (including phenoxy) is 1. The molecule has 0 aliphatic heterocycles. The minimum atomic E-state index is -0.310. The van der Waals surface area contributed by atoms with Crippen LogP contribution in [0.3, 0.4) is 0 Å². The lowest BCUT2D eigenvalue weighted by Crippen LogP contribution is -2.37. The number of anilines is 1. The molecule has 1 rings (SSSR count). The third-order valence-corrected chi connectivity index (χ3v) is 3.26. The van der Waals surface area contributed by atoms with Crippen LogP contribution >= 0.6 is 23.2 Å². The van der Waals surface area contributed by atoms with Crippen molar-refractivity contribution in [3.05, 3.63) is 28.2 Å². The molecule has 0 fully saturated rings. The molecule has 7 heteroatoms. The molecule has 1 aromatic rings. The Morgan fingerprint density at radius 1 is 1.40 bits per heavy atom. The summed E-state index contributed by atoms with van der Waals surface area (Å²) < 4.78 is 4.94. The highest BCUT2D eigenvalue weighted by Gasteiger charge is 2.13. The van der Waals surface area contributed by atoms with Gasteiger partial charge in [-0.2, -0.15) is 5.26 Å². The number of methoxy groups -OCH3 is 1. The monoisotopic (exact) mass is 315 g/mol. The average molecular weight is 316 g/mol. The zero-order valence-corrected chi connectivity index (χ0v) is 12.5. The number of hydrogen-bond acceptors (Lipinski definition) is 3. The first-order valence-electron chi connectivity index (χ1n) is 5.95. The van der Waals surface area contributed by atoms with Gasteiger partial charge in [0.15, 0.2) is 0 Å². The van der Waals surface area contributed by atoms with Crippen molar-refractivity contribution in [3.8, 4) is 6.07 Å². The molecule has 2 amide bonds. The van der Waals surface area contributed by atoms with Gasteiger partial charge in [-0.1, -0.05) is 23.2 Å². The van der Waals surface area contributed by atoms with E-state index < -0.39 is 0 Å². The van der Waals surface area contributed by atoms with E-state index >= 15 is 0 Å². The van der Waals surface area contributed by atoms with Gasteiger partial charge in [0.1, 0.15) is 0 Å². The summed E-state index contributed by atoms with van der Waals surface area (Å²) in [6.07, 6.45) is 0.262. The third-order valence-electron chi connectivity index (χ3n) is 2.52. The maximum atomic E-state index is 12.1. The van der Waals surface area contributed by atoms with Crippen molar-refractivity contribution in [1.29, 1.82) is 5.26 Å². The first kappa shape index (κ1) is 16.6. The molecule has 0 heterocycles. The Kier molecular flexibility index (Phi) is 7.16. The number of nitrogens with zero attached hydrogens (tertiary/aromatic N) is 2. The molecular formula is C13H15Cl2N3O2. The number of urea groups is 1. The van der Waals surface area contributed by atoms with Gasteiger partial charge in [0.2, 0.25) is 0 Å². The second kappa shape index (κ2) is 8.64. The lowest BCUT2D eigenvalue weighted by atomic mass is 10.3. The van der Waals surface area contributed by atoms with Gasteiger partial charge in [-0.05, 0) is 18.2 Å². The van der Waals surface area contributed by atoms with Crippen LogP contribution in [0.5, 0.6) is 0 Å². The Labute approximate surface area is 128 Å². The summed E-state index contributed by atoms with van der Waals surface area (Å²) in [5.74, 6) is 0. The summed E-state index contributed by atoms with van der Waals surface area (Å²) in [6, 6.07) is 6.53. The Balaban J connectivity index is 2.68. The molecule has 20 heavy (non-hydrogen) atoms.